The first-order chi connectivity index (χ1) is 15.2. The van der Waals surface area contributed by atoms with Gasteiger partial charge in [0.05, 0.1) is 10.6 Å². The number of nitrogens with zero attached hydrogens (tertiary/aromatic N) is 1. The number of aromatic nitrogens is 1. The first-order valence-corrected chi connectivity index (χ1v) is 11.8. The predicted molar refractivity (Wildman–Crippen MR) is 124 cm³/mol. The van der Waals surface area contributed by atoms with Crippen LogP contribution in [0.3, 0.4) is 0 Å². The van der Waals surface area contributed by atoms with Gasteiger partial charge >= 0.3 is 0 Å². The van der Waals surface area contributed by atoms with Crippen LogP contribution >= 0.6 is 0 Å². The molecule has 0 aliphatic carbocycles. The molecule has 7 heteroatoms. The molecule has 5 nitrogen and oxygen atoms in total. The van der Waals surface area contributed by atoms with E-state index in [-0.39, 0.29) is 22.9 Å². The average molecular weight is 451 g/mol. The van der Waals surface area contributed by atoms with E-state index in [1.807, 2.05) is 32.0 Å². The van der Waals surface area contributed by atoms with Crippen LogP contribution in [0.25, 0.3) is 10.9 Å². The molecule has 3 aromatic carbocycles. The number of carbonyl (C=O) groups is 1. The van der Waals surface area contributed by atoms with Gasteiger partial charge in [-0.3, -0.25) is 4.79 Å². The van der Waals surface area contributed by atoms with E-state index in [9.17, 15) is 17.6 Å². The molecule has 0 aliphatic rings. The van der Waals surface area contributed by atoms with E-state index < -0.39 is 21.4 Å². The molecular weight excluding hydrogens is 427 g/mol. The standard InChI is InChI=1S/C25H23FN2O3S/c1-17-11-12-20(13-18(17)2)27-25(29)15-28-14-24(21-8-4-6-10-23(21)28)32(30,31)16-19-7-3-5-9-22(19)26/h3-14H,15-16H2,1-2H3,(H,27,29). The lowest BCUT2D eigenvalue weighted by atomic mass is 10.1. The number of amides is 1. The summed E-state index contributed by atoms with van der Waals surface area (Å²) in [6.45, 7) is 3.91. The maximum Gasteiger partial charge on any atom is 0.244 e. The molecule has 164 valence electrons. The van der Waals surface area contributed by atoms with Gasteiger partial charge in [-0.1, -0.05) is 42.5 Å². The molecule has 0 radical (unpaired) electrons. The van der Waals surface area contributed by atoms with E-state index in [1.54, 1.807) is 34.9 Å². The third-order valence-corrected chi connectivity index (χ3v) is 7.18. The molecule has 32 heavy (non-hydrogen) atoms. The highest BCUT2D eigenvalue weighted by atomic mass is 32.2. The highest BCUT2D eigenvalue weighted by Gasteiger charge is 2.23. The van der Waals surface area contributed by atoms with Crippen LogP contribution in [0.15, 0.2) is 77.8 Å². The lowest BCUT2D eigenvalue weighted by molar-refractivity contribution is -0.116. The van der Waals surface area contributed by atoms with Crippen molar-refractivity contribution in [3.05, 3.63) is 95.4 Å². The fourth-order valence-electron chi connectivity index (χ4n) is 3.66. The maximum absolute atomic E-state index is 14.1. The Bertz CT molecular complexity index is 1420. The largest absolute Gasteiger partial charge is 0.337 e. The summed E-state index contributed by atoms with van der Waals surface area (Å²) in [4.78, 5) is 12.8. The number of anilines is 1. The fraction of sp³-hybridized carbons (Fsp3) is 0.160. The SMILES string of the molecule is Cc1ccc(NC(=O)Cn2cc(S(=O)(=O)Cc3ccccc3F)c3ccccc32)cc1C. The molecule has 1 heterocycles. The van der Waals surface area contributed by atoms with E-state index in [1.165, 1.54) is 24.4 Å². The van der Waals surface area contributed by atoms with Crippen LogP contribution in [0.1, 0.15) is 16.7 Å². The molecule has 0 aliphatic heterocycles. The molecule has 0 saturated carbocycles. The molecule has 0 fully saturated rings. The van der Waals surface area contributed by atoms with Gasteiger partial charge < -0.3 is 9.88 Å². The Balaban J connectivity index is 1.64. The second-order valence-corrected chi connectivity index (χ2v) is 9.79. The van der Waals surface area contributed by atoms with Gasteiger partial charge in [0.1, 0.15) is 12.4 Å². The average Bonchev–Trinajstić information content (AvgIpc) is 3.12. The second kappa shape index (κ2) is 8.59. The van der Waals surface area contributed by atoms with Crippen LogP contribution in [0.4, 0.5) is 10.1 Å². The number of rotatable bonds is 6. The van der Waals surface area contributed by atoms with Gasteiger partial charge in [-0.05, 0) is 49.2 Å². The molecule has 0 bridgehead atoms. The second-order valence-electron chi connectivity index (χ2n) is 7.84. The van der Waals surface area contributed by atoms with Crippen LogP contribution in [-0.4, -0.2) is 18.9 Å². The molecule has 1 aromatic heterocycles. The van der Waals surface area contributed by atoms with Crippen LogP contribution in [0.2, 0.25) is 0 Å². The fourth-order valence-corrected chi connectivity index (χ4v) is 5.26. The van der Waals surface area contributed by atoms with Crippen LogP contribution in [0, 0.1) is 19.7 Å². The lowest BCUT2D eigenvalue weighted by Crippen LogP contribution is -2.18. The van der Waals surface area contributed by atoms with Crippen molar-refractivity contribution >= 4 is 32.3 Å². The molecular formula is C25H23FN2O3S. The Morgan fingerprint density at radius 1 is 0.969 bits per heavy atom. The molecule has 0 unspecified atom stereocenters. The van der Waals surface area contributed by atoms with Crippen molar-refractivity contribution in [3.8, 4) is 0 Å². The summed E-state index contributed by atoms with van der Waals surface area (Å²) in [6.07, 6.45) is 1.46. The Morgan fingerprint density at radius 2 is 1.69 bits per heavy atom. The summed E-state index contributed by atoms with van der Waals surface area (Å²) in [5.74, 6) is -1.29. The highest BCUT2D eigenvalue weighted by molar-refractivity contribution is 7.90. The zero-order valence-corrected chi connectivity index (χ0v) is 18.6. The zero-order chi connectivity index (χ0) is 22.9. The van der Waals surface area contributed by atoms with Gasteiger partial charge in [-0.15, -0.1) is 0 Å². The van der Waals surface area contributed by atoms with Crippen molar-refractivity contribution in [3.63, 3.8) is 0 Å². The Kier molecular flexibility index (Phi) is 5.84. The van der Waals surface area contributed by atoms with E-state index in [0.717, 1.165) is 11.1 Å². The number of benzene rings is 3. The van der Waals surface area contributed by atoms with E-state index in [2.05, 4.69) is 5.32 Å². The molecule has 4 rings (SSSR count). The number of sulfone groups is 1. The van der Waals surface area contributed by atoms with E-state index >= 15 is 0 Å². The van der Waals surface area contributed by atoms with Crippen molar-refractivity contribution in [2.24, 2.45) is 0 Å². The van der Waals surface area contributed by atoms with Gasteiger partial charge in [-0.2, -0.15) is 0 Å². The highest BCUT2D eigenvalue weighted by Crippen LogP contribution is 2.28. The number of para-hydroxylation sites is 1. The minimum Gasteiger partial charge on any atom is -0.337 e. The number of halogens is 1. The van der Waals surface area contributed by atoms with Crippen molar-refractivity contribution in [1.82, 2.24) is 4.57 Å². The van der Waals surface area contributed by atoms with Gasteiger partial charge in [-0.25, -0.2) is 12.8 Å². The van der Waals surface area contributed by atoms with E-state index in [4.69, 9.17) is 0 Å². The summed E-state index contributed by atoms with van der Waals surface area (Å²) in [5, 5.41) is 3.36. The number of aryl methyl sites for hydroxylation is 2. The summed E-state index contributed by atoms with van der Waals surface area (Å²) in [5.41, 5.74) is 3.61. The van der Waals surface area contributed by atoms with Crippen LogP contribution < -0.4 is 5.32 Å². The third kappa shape index (κ3) is 4.43. The summed E-state index contributed by atoms with van der Waals surface area (Å²) in [6, 6.07) is 18.5. The van der Waals surface area contributed by atoms with Crippen molar-refractivity contribution in [1.29, 1.82) is 0 Å². The summed E-state index contributed by atoms with van der Waals surface area (Å²) < 4.78 is 42.0. The van der Waals surface area contributed by atoms with Gasteiger partial charge in [0.2, 0.25) is 5.91 Å². The minimum atomic E-state index is -3.84. The molecule has 1 N–H and O–H groups in total. The van der Waals surface area contributed by atoms with Gasteiger partial charge in [0.15, 0.2) is 9.84 Å². The first kappa shape index (κ1) is 21.8. The van der Waals surface area contributed by atoms with E-state index in [0.29, 0.717) is 16.6 Å². The smallest absolute Gasteiger partial charge is 0.244 e. The first-order valence-electron chi connectivity index (χ1n) is 10.2. The molecule has 4 aromatic rings. The van der Waals surface area contributed by atoms with Crippen molar-refractivity contribution < 1.29 is 17.6 Å². The topological polar surface area (TPSA) is 68.2 Å². The number of carbonyl (C=O) groups excluding carboxylic acids is 1. The lowest BCUT2D eigenvalue weighted by Gasteiger charge is -2.09. The number of hydrogen-bond acceptors (Lipinski definition) is 3. The van der Waals surface area contributed by atoms with Gasteiger partial charge in [0.25, 0.3) is 0 Å². The predicted octanol–water partition coefficient (Wildman–Crippen LogP) is 5.01. The Labute approximate surface area is 186 Å². The third-order valence-electron chi connectivity index (χ3n) is 5.50. The molecule has 0 atom stereocenters. The molecule has 0 saturated heterocycles. The number of hydrogen-bond donors (Lipinski definition) is 1. The van der Waals surface area contributed by atoms with Crippen molar-refractivity contribution in [2.45, 2.75) is 31.0 Å². The zero-order valence-electron chi connectivity index (χ0n) is 17.8. The van der Waals surface area contributed by atoms with Gasteiger partial charge in [0, 0.05) is 28.4 Å². The van der Waals surface area contributed by atoms with Crippen LogP contribution in [0.5, 0.6) is 0 Å². The summed E-state index contributed by atoms with van der Waals surface area (Å²) >= 11 is 0. The summed E-state index contributed by atoms with van der Waals surface area (Å²) in [7, 11) is -3.84. The van der Waals surface area contributed by atoms with Crippen LogP contribution in [-0.2, 0) is 26.9 Å². The molecule has 0 spiro atoms. The van der Waals surface area contributed by atoms with Crippen molar-refractivity contribution in [2.75, 3.05) is 5.32 Å². The molecule has 1 amide bonds. The maximum atomic E-state index is 14.1. The quantitative estimate of drug-likeness (QED) is 0.449. The monoisotopic (exact) mass is 450 g/mol. The minimum absolute atomic E-state index is 0.0529. The normalized spacial score (nSPS) is 11.6. The number of nitrogens with one attached hydrogen (secondary N) is 1. The Morgan fingerprint density at radius 3 is 2.44 bits per heavy atom. The number of fused-ring (bicyclic) bond motifs is 1. The Hall–Kier alpha value is -3.45.